The minimum atomic E-state index is -0.452. The van der Waals surface area contributed by atoms with Crippen molar-refractivity contribution in [2.24, 2.45) is 0 Å². The number of amides is 1. The van der Waals surface area contributed by atoms with Gasteiger partial charge in [-0.05, 0) is 25.1 Å². The summed E-state index contributed by atoms with van der Waals surface area (Å²) in [6, 6.07) is 5.14. The highest BCUT2D eigenvalue weighted by atomic mass is 32.1. The zero-order chi connectivity index (χ0) is 18.0. The van der Waals surface area contributed by atoms with E-state index in [0.29, 0.717) is 17.9 Å². The Labute approximate surface area is 149 Å². The number of likely N-dealkylation sites (N-methyl/N-ethyl adjacent to an activating group) is 1. The van der Waals surface area contributed by atoms with Gasteiger partial charge in [-0.15, -0.1) is 11.3 Å². The van der Waals surface area contributed by atoms with Crippen molar-refractivity contribution < 1.29 is 23.8 Å². The second-order valence-electron chi connectivity index (χ2n) is 5.71. The van der Waals surface area contributed by atoms with Crippen LogP contribution < -0.4 is 4.74 Å². The molecule has 1 amide bonds. The van der Waals surface area contributed by atoms with Crippen molar-refractivity contribution in [2.75, 3.05) is 27.3 Å². The van der Waals surface area contributed by atoms with E-state index in [4.69, 9.17) is 14.2 Å². The van der Waals surface area contributed by atoms with Crippen LogP contribution in [0.25, 0.3) is 10.6 Å². The molecule has 1 fully saturated rings. The van der Waals surface area contributed by atoms with Gasteiger partial charge in [-0.1, -0.05) is 0 Å². The number of esters is 1. The molecular weight excluding hydrogens is 344 g/mol. The molecule has 2 aromatic rings. The van der Waals surface area contributed by atoms with Gasteiger partial charge in [0.1, 0.15) is 17.4 Å². The summed E-state index contributed by atoms with van der Waals surface area (Å²) < 4.78 is 15.7. The largest absolute Gasteiger partial charge is 0.490 e. The minimum absolute atomic E-state index is 0.205. The highest BCUT2D eigenvalue weighted by Gasteiger charge is 2.28. The normalized spacial score (nSPS) is 16.7. The number of benzene rings is 1. The van der Waals surface area contributed by atoms with E-state index in [0.717, 1.165) is 15.4 Å². The maximum Gasteiger partial charge on any atom is 0.410 e. The quantitative estimate of drug-likeness (QED) is 0.761. The number of hydrogen-bond acceptors (Lipinski definition) is 7. The minimum Gasteiger partial charge on any atom is -0.490 e. The van der Waals surface area contributed by atoms with Gasteiger partial charge in [0.15, 0.2) is 6.10 Å². The van der Waals surface area contributed by atoms with E-state index in [1.165, 1.54) is 23.3 Å². The summed E-state index contributed by atoms with van der Waals surface area (Å²) in [5.41, 5.74) is 1.15. The van der Waals surface area contributed by atoms with Crippen LogP contribution in [0.15, 0.2) is 24.4 Å². The number of aromatic nitrogens is 1. The fraction of sp³-hybridized carbons (Fsp3) is 0.353. The Morgan fingerprint density at radius 1 is 1.44 bits per heavy atom. The first kappa shape index (κ1) is 17.2. The van der Waals surface area contributed by atoms with Gasteiger partial charge in [0.25, 0.3) is 0 Å². The molecule has 7 nitrogen and oxygen atoms in total. The Balaban J connectivity index is 1.82. The molecule has 0 radical (unpaired) electrons. The Morgan fingerprint density at radius 2 is 2.24 bits per heavy atom. The standard InChI is InChI=1S/C17H18N2O5S/c1-10-7-18-15(25-10)11-4-12(16(20)22-3)6-13(5-11)23-9-14-8-19(2)17(21)24-14/h4-7,14H,8-9H2,1-3H3/t14-/m0/s1. The van der Waals surface area contributed by atoms with Crippen LogP contribution in [0.4, 0.5) is 4.79 Å². The lowest BCUT2D eigenvalue weighted by Crippen LogP contribution is -2.23. The molecule has 1 atom stereocenters. The van der Waals surface area contributed by atoms with E-state index < -0.39 is 5.97 Å². The first-order valence-corrected chi connectivity index (χ1v) is 8.48. The lowest BCUT2D eigenvalue weighted by molar-refractivity contribution is 0.0600. The van der Waals surface area contributed by atoms with Crippen LogP contribution in [0.1, 0.15) is 15.2 Å². The fourth-order valence-electron chi connectivity index (χ4n) is 2.46. The van der Waals surface area contributed by atoms with Gasteiger partial charge in [-0.2, -0.15) is 0 Å². The van der Waals surface area contributed by atoms with Gasteiger partial charge in [-0.3, -0.25) is 0 Å². The molecule has 0 saturated carbocycles. The lowest BCUT2D eigenvalue weighted by Gasteiger charge is -2.12. The summed E-state index contributed by atoms with van der Waals surface area (Å²) in [4.78, 5) is 30.2. The molecule has 3 rings (SSSR count). The first-order chi connectivity index (χ1) is 12.0. The smallest absolute Gasteiger partial charge is 0.410 e. The molecular formula is C17H18N2O5S. The number of rotatable bonds is 5. The van der Waals surface area contributed by atoms with Crippen molar-refractivity contribution in [2.45, 2.75) is 13.0 Å². The predicted molar refractivity (Wildman–Crippen MR) is 92.0 cm³/mol. The van der Waals surface area contributed by atoms with E-state index in [1.807, 2.05) is 13.0 Å². The molecule has 0 bridgehead atoms. The Morgan fingerprint density at radius 3 is 2.84 bits per heavy atom. The number of aryl methyl sites for hydroxylation is 1. The van der Waals surface area contributed by atoms with E-state index in [1.54, 1.807) is 25.4 Å². The van der Waals surface area contributed by atoms with E-state index in [9.17, 15) is 9.59 Å². The molecule has 1 aliphatic rings. The molecule has 0 unspecified atom stereocenters. The maximum absolute atomic E-state index is 11.9. The SMILES string of the molecule is COC(=O)c1cc(OC[C@@H]2CN(C)C(=O)O2)cc(-c2ncc(C)s2)c1. The number of ether oxygens (including phenoxy) is 3. The van der Waals surface area contributed by atoms with Crippen molar-refractivity contribution in [1.82, 2.24) is 9.88 Å². The van der Waals surface area contributed by atoms with Crippen LogP contribution in [0.3, 0.4) is 0 Å². The van der Waals surface area contributed by atoms with Crippen molar-refractivity contribution in [3.05, 3.63) is 34.8 Å². The van der Waals surface area contributed by atoms with Crippen LogP contribution in [0.2, 0.25) is 0 Å². The molecule has 2 heterocycles. The Kier molecular flexibility index (Phi) is 4.89. The third-order valence-corrected chi connectivity index (χ3v) is 4.65. The molecule has 1 aliphatic heterocycles. The van der Waals surface area contributed by atoms with Gasteiger partial charge >= 0.3 is 12.1 Å². The summed E-state index contributed by atoms with van der Waals surface area (Å²) in [5.74, 6) is 0.0448. The molecule has 132 valence electrons. The third kappa shape index (κ3) is 3.90. The highest BCUT2D eigenvalue weighted by Crippen LogP contribution is 2.30. The first-order valence-electron chi connectivity index (χ1n) is 7.67. The van der Waals surface area contributed by atoms with E-state index >= 15 is 0 Å². The third-order valence-electron chi connectivity index (χ3n) is 3.69. The number of nitrogens with zero attached hydrogens (tertiary/aromatic N) is 2. The summed E-state index contributed by atoms with van der Waals surface area (Å²) in [7, 11) is 3.00. The summed E-state index contributed by atoms with van der Waals surface area (Å²) in [6.07, 6.45) is 1.07. The van der Waals surface area contributed by atoms with Crippen molar-refractivity contribution in [1.29, 1.82) is 0 Å². The number of carbonyl (C=O) groups excluding carboxylic acids is 2. The number of carbonyl (C=O) groups is 2. The van der Waals surface area contributed by atoms with Crippen LogP contribution >= 0.6 is 11.3 Å². The zero-order valence-corrected chi connectivity index (χ0v) is 15.0. The van der Waals surface area contributed by atoms with Crippen LogP contribution in [-0.2, 0) is 9.47 Å². The Bertz CT molecular complexity index is 804. The van der Waals surface area contributed by atoms with Crippen LogP contribution in [0.5, 0.6) is 5.75 Å². The molecule has 0 N–H and O–H groups in total. The maximum atomic E-state index is 11.9. The molecule has 0 spiro atoms. The van der Waals surface area contributed by atoms with Gasteiger partial charge in [0.05, 0.1) is 19.2 Å². The monoisotopic (exact) mass is 362 g/mol. The number of cyclic esters (lactones) is 1. The number of methoxy groups -OCH3 is 1. The average Bonchev–Trinajstić information content (AvgIpc) is 3.18. The second-order valence-corrected chi connectivity index (χ2v) is 6.95. The Hall–Kier alpha value is -2.61. The van der Waals surface area contributed by atoms with Gasteiger partial charge in [0, 0.05) is 23.7 Å². The molecule has 8 heteroatoms. The second kappa shape index (κ2) is 7.10. The summed E-state index contributed by atoms with van der Waals surface area (Å²) in [5, 5.41) is 0.792. The van der Waals surface area contributed by atoms with Gasteiger partial charge in [0.2, 0.25) is 0 Å². The molecule has 1 aromatic heterocycles. The van der Waals surface area contributed by atoms with Crippen molar-refractivity contribution in [3.8, 4) is 16.3 Å². The highest BCUT2D eigenvalue weighted by molar-refractivity contribution is 7.14. The molecule has 0 aliphatic carbocycles. The van der Waals surface area contributed by atoms with Gasteiger partial charge < -0.3 is 19.1 Å². The van der Waals surface area contributed by atoms with Gasteiger partial charge in [-0.25, -0.2) is 14.6 Å². The number of hydrogen-bond donors (Lipinski definition) is 0. The van der Waals surface area contributed by atoms with E-state index in [-0.39, 0.29) is 18.8 Å². The fourth-order valence-corrected chi connectivity index (χ4v) is 3.21. The summed E-state index contributed by atoms with van der Waals surface area (Å²) in [6.45, 7) is 2.64. The topological polar surface area (TPSA) is 78.0 Å². The molecule has 1 aromatic carbocycles. The number of thiazole rings is 1. The summed E-state index contributed by atoms with van der Waals surface area (Å²) >= 11 is 1.53. The zero-order valence-electron chi connectivity index (χ0n) is 14.1. The van der Waals surface area contributed by atoms with Crippen LogP contribution in [0, 0.1) is 6.92 Å². The van der Waals surface area contributed by atoms with Crippen molar-refractivity contribution >= 4 is 23.4 Å². The van der Waals surface area contributed by atoms with E-state index in [2.05, 4.69) is 4.98 Å². The molecule has 1 saturated heterocycles. The van der Waals surface area contributed by atoms with Crippen LogP contribution in [-0.4, -0.2) is 55.4 Å². The van der Waals surface area contributed by atoms with Crippen molar-refractivity contribution in [3.63, 3.8) is 0 Å². The lowest BCUT2D eigenvalue weighted by atomic mass is 10.1. The molecule has 25 heavy (non-hydrogen) atoms. The predicted octanol–water partition coefficient (Wildman–Crippen LogP) is 2.73. The average molecular weight is 362 g/mol.